The lowest BCUT2D eigenvalue weighted by atomic mass is 9.86. The van der Waals surface area contributed by atoms with Gasteiger partial charge in [-0.15, -0.1) is 0 Å². The monoisotopic (exact) mass is 438 g/mol. The van der Waals surface area contributed by atoms with Crippen molar-refractivity contribution >= 4 is 5.78 Å². The van der Waals surface area contributed by atoms with Crippen LogP contribution in [0.15, 0.2) is 72.3 Å². The number of hydrogen-bond acceptors (Lipinski definition) is 3. The molecule has 0 bridgehead atoms. The first-order chi connectivity index (χ1) is 15.4. The van der Waals surface area contributed by atoms with Crippen LogP contribution >= 0.6 is 0 Å². The molecule has 0 amide bonds. The number of hydrogen-bond donors (Lipinski definition) is 0. The Labute approximate surface area is 184 Å². The number of ether oxygens (including phenoxy) is 2. The van der Waals surface area contributed by atoms with Crippen LogP contribution in [-0.2, 0) is 0 Å². The average molecular weight is 438 g/mol. The third-order valence-electron chi connectivity index (χ3n) is 5.80. The number of para-hydroxylation sites is 1. The van der Waals surface area contributed by atoms with Gasteiger partial charge in [0.2, 0.25) is 0 Å². The molecule has 3 aromatic carbocycles. The number of carbonyl (C=O) groups is 1. The van der Waals surface area contributed by atoms with Crippen LogP contribution in [0, 0.1) is 17.5 Å². The van der Waals surface area contributed by atoms with Gasteiger partial charge in [0.1, 0.15) is 29.0 Å². The zero-order chi connectivity index (χ0) is 22.8. The molecule has 0 aliphatic heterocycles. The fourth-order valence-corrected chi connectivity index (χ4v) is 4.24. The van der Waals surface area contributed by atoms with E-state index in [2.05, 4.69) is 0 Å². The molecular formula is C26H21F3O3. The van der Waals surface area contributed by atoms with Gasteiger partial charge in [-0.05, 0) is 30.2 Å². The Hall–Kier alpha value is -3.54. The lowest BCUT2D eigenvalue weighted by Gasteiger charge is -2.19. The van der Waals surface area contributed by atoms with E-state index in [0.717, 1.165) is 23.3 Å². The van der Waals surface area contributed by atoms with E-state index in [9.17, 15) is 18.0 Å². The number of Topliss-reactive ketones (excluding diaryl/α,β-unsaturated/α-hetero) is 1. The van der Waals surface area contributed by atoms with E-state index in [-0.39, 0.29) is 23.1 Å². The first kappa shape index (κ1) is 21.7. The highest BCUT2D eigenvalue weighted by Gasteiger charge is 2.36. The minimum atomic E-state index is -0.989. The van der Waals surface area contributed by atoms with E-state index >= 15 is 0 Å². The number of carbonyl (C=O) groups excluding carboxylic acids is 1. The topological polar surface area (TPSA) is 35.5 Å². The van der Waals surface area contributed by atoms with Gasteiger partial charge < -0.3 is 9.47 Å². The van der Waals surface area contributed by atoms with Gasteiger partial charge in [-0.2, -0.15) is 0 Å². The summed E-state index contributed by atoms with van der Waals surface area (Å²) < 4.78 is 53.2. The molecule has 164 valence electrons. The van der Waals surface area contributed by atoms with E-state index in [0.29, 0.717) is 12.2 Å². The number of ketones is 1. The van der Waals surface area contributed by atoms with Crippen LogP contribution in [0.2, 0.25) is 0 Å². The smallest absolute Gasteiger partial charge is 0.195 e. The molecule has 1 aliphatic carbocycles. The van der Waals surface area contributed by atoms with Crippen LogP contribution in [-0.4, -0.2) is 20.0 Å². The summed E-state index contributed by atoms with van der Waals surface area (Å²) in [6.07, 6.45) is 2.20. The summed E-state index contributed by atoms with van der Waals surface area (Å²) in [7, 11) is 2.82. The normalized spacial score (nSPS) is 17.7. The second-order valence-electron chi connectivity index (χ2n) is 7.61. The largest absolute Gasteiger partial charge is 0.497 e. The highest BCUT2D eigenvalue weighted by atomic mass is 19.1. The number of allylic oxidation sites excluding steroid dienone is 2. The van der Waals surface area contributed by atoms with Gasteiger partial charge >= 0.3 is 0 Å². The molecule has 0 N–H and O–H groups in total. The molecule has 0 spiro atoms. The van der Waals surface area contributed by atoms with Crippen molar-refractivity contribution in [2.75, 3.05) is 14.2 Å². The minimum Gasteiger partial charge on any atom is -0.497 e. The first-order valence-electron chi connectivity index (χ1n) is 10.1. The molecule has 32 heavy (non-hydrogen) atoms. The Morgan fingerprint density at radius 1 is 0.906 bits per heavy atom. The number of rotatable bonds is 6. The highest BCUT2D eigenvalue weighted by Crippen LogP contribution is 2.47. The maximum atomic E-state index is 14.7. The summed E-state index contributed by atoms with van der Waals surface area (Å²) in [6.45, 7) is 0. The summed E-state index contributed by atoms with van der Waals surface area (Å²) in [5.41, 5.74) is 1.20. The van der Waals surface area contributed by atoms with E-state index in [4.69, 9.17) is 9.47 Å². The van der Waals surface area contributed by atoms with E-state index in [1.165, 1.54) is 26.4 Å². The zero-order valence-electron chi connectivity index (χ0n) is 17.6. The number of halogens is 3. The molecule has 2 unspecified atom stereocenters. The fourth-order valence-electron chi connectivity index (χ4n) is 4.24. The summed E-state index contributed by atoms with van der Waals surface area (Å²) >= 11 is 0. The zero-order valence-corrected chi connectivity index (χ0v) is 17.6. The molecule has 0 aromatic heterocycles. The molecule has 1 aliphatic rings. The second-order valence-corrected chi connectivity index (χ2v) is 7.61. The Balaban J connectivity index is 1.81. The standard InChI is InChI=1S/C26H21F3O3/c1-31-18-13-22(28)25(23(29)14-18)26(30)21-12-16(15-7-9-17(27)10-8-15)11-20(21)19-5-3-4-6-24(19)32-2/h3-10,12-14,16,20H,11H2,1-2H3. The third-order valence-corrected chi connectivity index (χ3v) is 5.80. The van der Waals surface area contributed by atoms with Gasteiger partial charge in [0.25, 0.3) is 0 Å². The average Bonchev–Trinajstić information content (AvgIpc) is 3.24. The summed E-state index contributed by atoms with van der Waals surface area (Å²) in [5.74, 6) is -3.19. The van der Waals surface area contributed by atoms with Gasteiger partial charge in [0.15, 0.2) is 5.78 Å². The quantitative estimate of drug-likeness (QED) is 0.430. The fraction of sp³-hybridized carbons (Fsp3) is 0.192. The van der Waals surface area contributed by atoms with E-state index in [1.54, 1.807) is 24.3 Å². The first-order valence-corrected chi connectivity index (χ1v) is 10.1. The molecule has 2 atom stereocenters. The third kappa shape index (κ3) is 4.00. The summed E-state index contributed by atoms with van der Waals surface area (Å²) in [6, 6.07) is 15.2. The van der Waals surface area contributed by atoms with Crippen molar-refractivity contribution in [2.24, 2.45) is 0 Å². The van der Waals surface area contributed by atoms with Gasteiger partial charge in [0, 0.05) is 35.1 Å². The molecule has 0 saturated carbocycles. The Morgan fingerprint density at radius 3 is 2.19 bits per heavy atom. The van der Waals surface area contributed by atoms with Gasteiger partial charge in [-0.1, -0.05) is 36.4 Å². The second kappa shape index (κ2) is 8.91. The van der Waals surface area contributed by atoms with Crippen LogP contribution in [0.25, 0.3) is 0 Å². The van der Waals surface area contributed by atoms with Crippen molar-refractivity contribution in [2.45, 2.75) is 18.3 Å². The molecule has 0 heterocycles. The van der Waals surface area contributed by atoms with Gasteiger partial charge in [-0.25, -0.2) is 13.2 Å². The number of methoxy groups -OCH3 is 2. The molecule has 0 radical (unpaired) electrons. The molecule has 0 saturated heterocycles. The Bertz CT molecular complexity index is 1160. The highest BCUT2D eigenvalue weighted by molar-refractivity contribution is 6.10. The van der Waals surface area contributed by atoms with Gasteiger partial charge in [0.05, 0.1) is 19.8 Å². The lowest BCUT2D eigenvalue weighted by molar-refractivity contribution is 0.102. The lowest BCUT2D eigenvalue weighted by Crippen LogP contribution is -2.14. The Kier molecular flexibility index (Phi) is 6.04. The minimum absolute atomic E-state index is 0.0116. The molecule has 6 heteroatoms. The van der Waals surface area contributed by atoms with Crippen LogP contribution in [0.3, 0.4) is 0 Å². The van der Waals surface area contributed by atoms with Crippen molar-refractivity contribution < 1.29 is 27.4 Å². The maximum Gasteiger partial charge on any atom is 0.195 e. The molecular weight excluding hydrogens is 417 g/mol. The summed E-state index contributed by atoms with van der Waals surface area (Å²) in [5, 5.41) is 0. The summed E-state index contributed by atoms with van der Waals surface area (Å²) in [4.78, 5) is 13.4. The maximum absolute atomic E-state index is 14.7. The molecule has 4 rings (SSSR count). The van der Waals surface area contributed by atoms with Crippen LogP contribution in [0.4, 0.5) is 13.2 Å². The van der Waals surface area contributed by atoms with Crippen molar-refractivity contribution in [1.29, 1.82) is 0 Å². The van der Waals surface area contributed by atoms with Crippen LogP contribution in [0.5, 0.6) is 11.5 Å². The number of benzene rings is 3. The van der Waals surface area contributed by atoms with Crippen molar-refractivity contribution in [3.05, 3.63) is 106 Å². The molecule has 0 fully saturated rings. The van der Waals surface area contributed by atoms with Crippen molar-refractivity contribution in [1.82, 2.24) is 0 Å². The Morgan fingerprint density at radius 2 is 1.56 bits per heavy atom. The van der Waals surface area contributed by atoms with Crippen molar-refractivity contribution in [3.63, 3.8) is 0 Å². The van der Waals surface area contributed by atoms with Gasteiger partial charge in [-0.3, -0.25) is 4.79 Å². The van der Waals surface area contributed by atoms with Crippen molar-refractivity contribution in [3.8, 4) is 11.5 Å². The SMILES string of the molecule is COc1cc(F)c(C(=O)C2=CC(c3ccc(F)cc3)CC2c2ccccc2OC)c(F)c1. The van der Waals surface area contributed by atoms with Crippen LogP contribution in [0.1, 0.15) is 39.7 Å². The predicted octanol–water partition coefficient (Wildman–Crippen LogP) is 6.20. The molecule has 3 aromatic rings. The van der Waals surface area contributed by atoms with E-state index < -0.39 is 28.9 Å². The van der Waals surface area contributed by atoms with Crippen LogP contribution < -0.4 is 9.47 Å². The van der Waals surface area contributed by atoms with E-state index in [1.807, 2.05) is 18.2 Å². The predicted molar refractivity (Wildman–Crippen MR) is 115 cm³/mol. The molecule has 3 nitrogen and oxygen atoms in total.